The van der Waals surface area contributed by atoms with Gasteiger partial charge in [-0.2, -0.15) is 0 Å². The van der Waals surface area contributed by atoms with Crippen LogP contribution in [-0.2, 0) is 13.1 Å². The van der Waals surface area contributed by atoms with Gasteiger partial charge in [-0.05, 0) is 57.7 Å². The van der Waals surface area contributed by atoms with E-state index in [4.69, 9.17) is 5.73 Å². The fourth-order valence-electron chi connectivity index (χ4n) is 3.43. The minimum absolute atomic E-state index is 0.283. The molecule has 0 saturated heterocycles. The lowest BCUT2D eigenvalue weighted by atomic mass is 9.91. The average molecular weight is 422 g/mol. The van der Waals surface area contributed by atoms with Gasteiger partial charge in [0.05, 0.1) is 10.6 Å². The summed E-state index contributed by atoms with van der Waals surface area (Å²) in [4.78, 5) is 5.53. The molecule has 3 aromatic rings. The van der Waals surface area contributed by atoms with E-state index in [2.05, 4.69) is 62.3 Å². The lowest BCUT2D eigenvalue weighted by molar-refractivity contribution is 0.454. The van der Waals surface area contributed by atoms with Gasteiger partial charge in [-0.1, -0.05) is 58.0 Å². The summed E-state index contributed by atoms with van der Waals surface area (Å²) in [6.45, 7) is 9.94. The molecule has 0 atom stereocenters. The fraction of sp³-hybridized carbons (Fsp3) is 0.320. The molecule has 2 aromatic carbocycles. The maximum atomic E-state index is 10.6. The third-order valence-corrected chi connectivity index (χ3v) is 5.96. The number of phenols is 1. The molecule has 4 N–H and O–H groups in total. The van der Waals surface area contributed by atoms with Gasteiger partial charge in [0.25, 0.3) is 0 Å². The number of nitrogens with two attached hydrogens (primary N) is 1. The Labute approximate surface area is 183 Å². The van der Waals surface area contributed by atoms with E-state index < -0.39 is 0 Å². The fourth-order valence-corrected chi connectivity index (χ4v) is 4.06. The Balaban J connectivity index is 1.69. The first kappa shape index (κ1) is 22.1. The normalized spacial score (nSPS) is 12.1. The molecule has 0 aliphatic heterocycles. The van der Waals surface area contributed by atoms with Crippen molar-refractivity contribution in [2.45, 2.75) is 52.6 Å². The number of nitrogens with one attached hydrogen (secondary N) is 1. The number of benzene rings is 2. The first-order chi connectivity index (χ1) is 14.3. The van der Waals surface area contributed by atoms with Crippen LogP contribution in [0.25, 0.3) is 0 Å². The summed E-state index contributed by atoms with van der Waals surface area (Å²) in [6, 6.07) is 16.3. The van der Waals surface area contributed by atoms with Gasteiger partial charge in [0, 0.05) is 13.1 Å². The Kier molecular flexibility index (Phi) is 7.29. The van der Waals surface area contributed by atoms with Gasteiger partial charge >= 0.3 is 0 Å². The molecule has 0 spiro atoms. The van der Waals surface area contributed by atoms with Crippen molar-refractivity contribution in [1.82, 2.24) is 5.32 Å². The Bertz CT molecular complexity index is 978. The summed E-state index contributed by atoms with van der Waals surface area (Å²) in [7, 11) is 0. The van der Waals surface area contributed by atoms with Crippen LogP contribution in [0.15, 0.2) is 58.9 Å². The van der Waals surface area contributed by atoms with Crippen LogP contribution in [0, 0.1) is 0 Å². The maximum Gasteiger partial charge on any atom is 0.141 e. The average Bonchev–Trinajstić information content (AvgIpc) is 3.24. The van der Waals surface area contributed by atoms with Crippen molar-refractivity contribution in [2.24, 2.45) is 10.7 Å². The molecular weight excluding hydrogens is 390 g/mol. The molecule has 5 heteroatoms. The predicted molar refractivity (Wildman–Crippen MR) is 128 cm³/mol. The highest BCUT2D eigenvalue weighted by molar-refractivity contribution is 7.12. The van der Waals surface area contributed by atoms with E-state index in [0.717, 1.165) is 40.3 Å². The first-order valence-electron chi connectivity index (χ1n) is 10.4. The summed E-state index contributed by atoms with van der Waals surface area (Å²) in [5.41, 5.74) is 11.3. The molecule has 0 radical (unpaired) electrons. The van der Waals surface area contributed by atoms with Crippen molar-refractivity contribution in [3.05, 3.63) is 81.0 Å². The van der Waals surface area contributed by atoms with Gasteiger partial charge in [0.1, 0.15) is 11.6 Å². The molecule has 0 unspecified atom stereocenters. The van der Waals surface area contributed by atoms with E-state index in [1.54, 1.807) is 11.3 Å². The van der Waals surface area contributed by atoms with Crippen LogP contribution in [0.3, 0.4) is 0 Å². The SMILES string of the molecule is CC(C)c1cc(CNCc2cccc(N=C(N)c3cccs3)c2)cc(C(C)C)c1O. The molecule has 0 amide bonds. The zero-order chi connectivity index (χ0) is 21.7. The minimum Gasteiger partial charge on any atom is -0.507 e. The van der Waals surface area contributed by atoms with Crippen LogP contribution in [0.2, 0.25) is 0 Å². The first-order valence-corrected chi connectivity index (χ1v) is 11.3. The molecular formula is C25H31N3OS. The largest absolute Gasteiger partial charge is 0.507 e. The quantitative estimate of drug-likeness (QED) is 0.307. The minimum atomic E-state index is 0.283. The number of aliphatic imine (C=N–C) groups is 1. The number of aromatic hydroxyl groups is 1. The molecule has 158 valence electrons. The van der Waals surface area contributed by atoms with E-state index in [1.807, 2.05) is 29.6 Å². The topological polar surface area (TPSA) is 70.6 Å². The third kappa shape index (κ3) is 5.49. The van der Waals surface area contributed by atoms with Crippen molar-refractivity contribution in [3.8, 4) is 5.75 Å². The van der Waals surface area contributed by atoms with Gasteiger partial charge < -0.3 is 16.2 Å². The van der Waals surface area contributed by atoms with Gasteiger partial charge in [-0.3, -0.25) is 0 Å². The monoisotopic (exact) mass is 421 g/mol. The smallest absolute Gasteiger partial charge is 0.141 e. The number of rotatable bonds is 8. The van der Waals surface area contributed by atoms with Crippen LogP contribution in [0.5, 0.6) is 5.75 Å². The molecule has 0 bridgehead atoms. The lowest BCUT2D eigenvalue weighted by Crippen LogP contribution is -2.13. The second-order valence-electron chi connectivity index (χ2n) is 8.18. The van der Waals surface area contributed by atoms with Crippen molar-refractivity contribution >= 4 is 22.9 Å². The predicted octanol–water partition coefficient (Wildman–Crippen LogP) is 6.03. The Morgan fingerprint density at radius 2 is 1.63 bits per heavy atom. The summed E-state index contributed by atoms with van der Waals surface area (Å²) >= 11 is 1.59. The van der Waals surface area contributed by atoms with Gasteiger partial charge in [0.15, 0.2) is 0 Å². The number of hydrogen-bond acceptors (Lipinski definition) is 4. The van der Waals surface area contributed by atoms with E-state index in [-0.39, 0.29) is 11.8 Å². The van der Waals surface area contributed by atoms with Crippen LogP contribution < -0.4 is 11.1 Å². The molecule has 0 aliphatic rings. The summed E-state index contributed by atoms with van der Waals surface area (Å²) in [5, 5.41) is 16.1. The van der Waals surface area contributed by atoms with E-state index >= 15 is 0 Å². The molecule has 4 nitrogen and oxygen atoms in total. The Morgan fingerprint density at radius 3 is 2.23 bits per heavy atom. The highest BCUT2D eigenvalue weighted by Gasteiger charge is 2.15. The van der Waals surface area contributed by atoms with E-state index in [1.165, 1.54) is 5.56 Å². The molecule has 3 rings (SSSR count). The van der Waals surface area contributed by atoms with Crippen molar-refractivity contribution in [1.29, 1.82) is 0 Å². The molecule has 1 heterocycles. The number of amidine groups is 1. The number of thiophene rings is 1. The van der Waals surface area contributed by atoms with Crippen molar-refractivity contribution in [2.75, 3.05) is 0 Å². The molecule has 30 heavy (non-hydrogen) atoms. The van der Waals surface area contributed by atoms with Crippen molar-refractivity contribution in [3.63, 3.8) is 0 Å². The maximum absolute atomic E-state index is 10.6. The van der Waals surface area contributed by atoms with Gasteiger partial charge in [-0.15, -0.1) is 11.3 Å². The van der Waals surface area contributed by atoms with Gasteiger partial charge in [-0.25, -0.2) is 4.99 Å². The highest BCUT2D eigenvalue weighted by atomic mass is 32.1. The lowest BCUT2D eigenvalue weighted by Gasteiger charge is -2.18. The second kappa shape index (κ2) is 9.92. The van der Waals surface area contributed by atoms with E-state index in [0.29, 0.717) is 11.6 Å². The third-order valence-electron chi connectivity index (χ3n) is 5.06. The Morgan fingerprint density at radius 1 is 0.967 bits per heavy atom. The highest BCUT2D eigenvalue weighted by Crippen LogP contribution is 2.34. The zero-order valence-corrected chi connectivity index (χ0v) is 19.0. The number of phenolic OH excluding ortho intramolecular Hbond substituents is 1. The van der Waals surface area contributed by atoms with Crippen LogP contribution in [0.4, 0.5) is 5.69 Å². The summed E-state index contributed by atoms with van der Waals surface area (Å²) in [5.74, 6) is 1.55. The van der Waals surface area contributed by atoms with Crippen LogP contribution in [0.1, 0.15) is 66.7 Å². The number of nitrogens with zero attached hydrogens (tertiary/aromatic N) is 1. The van der Waals surface area contributed by atoms with Crippen molar-refractivity contribution < 1.29 is 5.11 Å². The van der Waals surface area contributed by atoms with Crippen LogP contribution in [-0.4, -0.2) is 10.9 Å². The summed E-state index contributed by atoms with van der Waals surface area (Å²) < 4.78 is 0. The number of hydrogen-bond donors (Lipinski definition) is 3. The summed E-state index contributed by atoms with van der Waals surface area (Å²) in [6.07, 6.45) is 0. The van der Waals surface area contributed by atoms with E-state index in [9.17, 15) is 5.11 Å². The van der Waals surface area contributed by atoms with Gasteiger partial charge in [0.2, 0.25) is 0 Å². The molecule has 1 aromatic heterocycles. The molecule has 0 fully saturated rings. The van der Waals surface area contributed by atoms with Crippen LogP contribution >= 0.6 is 11.3 Å². The molecule has 0 aliphatic carbocycles. The second-order valence-corrected chi connectivity index (χ2v) is 9.13. The zero-order valence-electron chi connectivity index (χ0n) is 18.1. The molecule has 0 saturated carbocycles. The Hall–Kier alpha value is -2.63. The standard InChI is InChI=1S/C25H31N3OS/c1-16(2)21-12-19(13-22(17(3)4)24(21)29)15-27-14-18-7-5-8-20(11-18)28-25(26)23-9-6-10-30-23/h5-13,16-17,27,29H,14-15H2,1-4H3,(H2,26,28).